The SMILES string of the molecule is Cc1cc(F)cc(-c2ncc(Br)c(=S)[nH]2)c1. The van der Waals surface area contributed by atoms with Gasteiger partial charge in [-0.2, -0.15) is 0 Å². The topological polar surface area (TPSA) is 28.7 Å². The molecule has 1 aromatic carbocycles. The Morgan fingerprint density at radius 3 is 2.75 bits per heavy atom. The van der Waals surface area contributed by atoms with Crippen LogP contribution in [0.15, 0.2) is 28.9 Å². The number of hydrogen-bond acceptors (Lipinski definition) is 2. The molecule has 0 radical (unpaired) electrons. The Balaban J connectivity index is 2.58. The molecule has 2 nitrogen and oxygen atoms in total. The fraction of sp³-hybridized carbons (Fsp3) is 0.0909. The summed E-state index contributed by atoms with van der Waals surface area (Å²) in [5.74, 6) is 0.287. The van der Waals surface area contributed by atoms with Crippen LogP contribution in [0.2, 0.25) is 0 Å². The number of nitrogens with one attached hydrogen (secondary N) is 1. The first-order valence-corrected chi connectivity index (χ1v) is 5.79. The third-order valence-electron chi connectivity index (χ3n) is 2.07. The number of rotatable bonds is 1. The maximum Gasteiger partial charge on any atom is 0.138 e. The lowest BCUT2D eigenvalue weighted by Gasteiger charge is -2.03. The quantitative estimate of drug-likeness (QED) is 0.806. The van der Waals surface area contributed by atoms with E-state index in [1.165, 1.54) is 12.1 Å². The summed E-state index contributed by atoms with van der Waals surface area (Å²) in [6, 6.07) is 4.75. The molecule has 0 spiro atoms. The van der Waals surface area contributed by atoms with Crippen LogP contribution in [0.3, 0.4) is 0 Å². The van der Waals surface area contributed by atoms with Gasteiger partial charge in [-0.1, -0.05) is 12.2 Å². The normalized spacial score (nSPS) is 10.4. The molecule has 0 amide bonds. The fourth-order valence-corrected chi connectivity index (χ4v) is 1.75. The molecule has 82 valence electrons. The van der Waals surface area contributed by atoms with E-state index in [0.717, 1.165) is 10.0 Å². The van der Waals surface area contributed by atoms with Crippen LogP contribution in [0.5, 0.6) is 0 Å². The summed E-state index contributed by atoms with van der Waals surface area (Å²) in [4.78, 5) is 7.09. The van der Waals surface area contributed by atoms with Crippen LogP contribution in [0.4, 0.5) is 4.39 Å². The number of aromatic amines is 1. The molecule has 2 aromatic rings. The summed E-state index contributed by atoms with van der Waals surface area (Å²) in [7, 11) is 0. The van der Waals surface area contributed by atoms with Crippen molar-refractivity contribution in [1.29, 1.82) is 0 Å². The van der Waals surface area contributed by atoms with E-state index in [0.29, 0.717) is 16.0 Å². The lowest BCUT2D eigenvalue weighted by Crippen LogP contribution is -1.91. The van der Waals surface area contributed by atoms with Crippen LogP contribution in [0.1, 0.15) is 5.56 Å². The molecule has 16 heavy (non-hydrogen) atoms. The van der Waals surface area contributed by atoms with E-state index >= 15 is 0 Å². The van der Waals surface area contributed by atoms with Crippen molar-refractivity contribution in [2.75, 3.05) is 0 Å². The second-order valence-electron chi connectivity index (χ2n) is 3.43. The molecule has 0 fully saturated rings. The minimum Gasteiger partial charge on any atom is -0.330 e. The summed E-state index contributed by atoms with van der Waals surface area (Å²) in [6.07, 6.45) is 1.61. The molecule has 1 N–H and O–H groups in total. The second kappa shape index (κ2) is 4.43. The predicted molar refractivity (Wildman–Crippen MR) is 67.3 cm³/mol. The summed E-state index contributed by atoms with van der Waals surface area (Å²) in [6.45, 7) is 1.83. The van der Waals surface area contributed by atoms with Gasteiger partial charge in [0.2, 0.25) is 0 Å². The molecule has 0 saturated carbocycles. The number of aromatic nitrogens is 2. The largest absolute Gasteiger partial charge is 0.330 e. The first-order valence-electron chi connectivity index (χ1n) is 4.58. The highest BCUT2D eigenvalue weighted by molar-refractivity contribution is 9.10. The molecule has 0 aliphatic carbocycles. The maximum absolute atomic E-state index is 13.2. The van der Waals surface area contributed by atoms with E-state index in [1.54, 1.807) is 6.20 Å². The van der Waals surface area contributed by atoms with Gasteiger partial charge in [-0.05, 0) is 46.6 Å². The van der Waals surface area contributed by atoms with Crippen LogP contribution in [-0.2, 0) is 0 Å². The van der Waals surface area contributed by atoms with Crippen LogP contribution in [0.25, 0.3) is 11.4 Å². The Hall–Kier alpha value is -1.07. The molecule has 0 aliphatic heterocycles. The van der Waals surface area contributed by atoms with E-state index in [1.807, 2.05) is 13.0 Å². The third-order valence-corrected chi connectivity index (χ3v) is 3.26. The van der Waals surface area contributed by atoms with Crippen LogP contribution < -0.4 is 0 Å². The van der Waals surface area contributed by atoms with Crippen LogP contribution in [0, 0.1) is 17.4 Å². The van der Waals surface area contributed by atoms with Gasteiger partial charge in [0.25, 0.3) is 0 Å². The number of halogens is 2. The van der Waals surface area contributed by atoms with Crippen LogP contribution >= 0.6 is 28.1 Å². The highest BCUT2D eigenvalue weighted by Crippen LogP contribution is 2.19. The van der Waals surface area contributed by atoms with Crippen molar-refractivity contribution in [1.82, 2.24) is 9.97 Å². The average Bonchev–Trinajstić information content (AvgIpc) is 2.20. The lowest BCUT2D eigenvalue weighted by atomic mass is 10.1. The van der Waals surface area contributed by atoms with Gasteiger partial charge in [-0.3, -0.25) is 0 Å². The van der Waals surface area contributed by atoms with E-state index < -0.39 is 0 Å². The summed E-state index contributed by atoms with van der Waals surface area (Å²) < 4.78 is 14.5. The van der Waals surface area contributed by atoms with E-state index in [9.17, 15) is 4.39 Å². The lowest BCUT2D eigenvalue weighted by molar-refractivity contribution is 0.627. The highest BCUT2D eigenvalue weighted by Gasteiger charge is 2.03. The van der Waals surface area contributed by atoms with Crippen molar-refractivity contribution >= 4 is 28.1 Å². The smallest absolute Gasteiger partial charge is 0.138 e. The first kappa shape index (κ1) is 11.4. The van der Waals surface area contributed by atoms with Crippen LogP contribution in [-0.4, -0.2) is 9.97 Å². The summed E-state index contributed by atoms with van der Waals surface area (Å²) in [5.41, 5.74) is 1.54. The van der Waals surface area contributed by atoms with Gasteiger partial charge in [-0.25, -0.2) is 9.37 Å². The van der Waals surface area contributed by atoms with Gasteiger partial charge < -0.3 is 4.98 Å². The Kier molecular flexibility index (Phi) is 3.16. The first-order chi connectivity index (χ1) is 7.56. The Morgan fingerprint density at radius 2 is 2.12 bits per heavy atom. The standard InChI is InChI=1S/C11H8BrFN2S/c1-6-2-7(4-8(13)3-6)10-14-5-9(12)11(16)15-10/h2-5H,1H3,(H,14,15,16). The maximum atomic E-state index is 13.2. The summed E-state index contributed by atoms with van der Waals surface area (Å²) >= 11 is 8.33. The summed E-state index contributed by atoms with van der Waals surface area (Å²) in [5, 5.41) is 0. The van der Waals surface area contributed by atoms with Crippen molar-refractivity contribution in [3.63, 3.8) is 0 Å². The average molecular weight is 299 g/mol. The highest BCUT2D eigenvalue weighted by atomic mass is 79.9. The molecule has 1 aromatic heterocycles. The fourth-order valence-electron chi connectivity index (χ4n) is 1.40. The minimum absolute atomic E-state index is 0.279. The second-order valence-corrected chi connectivity index (χ2v) is 4.69. The monoisotopic (exact) mass is 298 g/mol. The molecule has 1 heterocycles. The van der Waals surface area contributed by atoms with Crippen molar-refractivity contribution in [2.24, 2.45) is 0 Å². The molecule has 0 aliphatic rings. The molecular formula is C11H8BrFN2S. The Bertz CT molecular complexity index is 575. The molecular weight excluding hydrogens is 291 g/mol. The molecule has 0 atom stereocenters. The molecule has 2 rings (SSSR count). The minimum atomic E-state index is -0.279. The van der Waals surface area contributed by atoms with Crippen molar-refractivity contribution in [3.05, 3.63) is 44.9 Å². The number of H-pyrrole nitrogens is 1. The van der Waals surface area contributed by atoms with Gasteiger partial charge in [0, 0.05) is 11.8 Å². The third kappa shape index (κ3) is 2.36. The zero-order valence-corrected chi connectivity index (χ0v) is 10.8. The van der Waals surface area contributed by atoms with Gasteiger partial charge in [-0.15, -0.1) is 0 Å². The Morgan fingerprint density at radius 1 is 1.38 bits per heavy atom. The zero-order chi connectivity index (χ0) is 11.7. The number of aryl methyl sites for hydroxylation is 1. The van der Waals surface area contributed by atoms with Crippen molar-refractivity contribution < 1.29 is 4.39 Å². The molecule has 0 bridgehead atoms. The van der Waals surface area contributed by atoms with Crippen molar-refractivity contribution in [3.8, 4) is 11.4 Å². The number of nitrogens with zero attached hydrogens (tertiary/aromatic N) is 1. The molecule has 5 heteroatoms. The van der Waals surface area contributed by atoms with E-state index in [-0.39, 0.29) is 5.82 Å². The van der Waals surface area contributed by atoms with E-state index in [2.05, 4.69) is 25.9 Å². The van der Waals surface area contributed by atoms with E-state index in [4.69, 9.17) is 12.2 Å². The molecule has 0 unspecified atom stereocenters. The van der Waals surface area contributed by atoms with Gasteiger partial charge in [0.05, 0.1) is 4.47 Å². The van der Waals surface area contributed by atoms with Gasteiger partial charge in [0.15, 0.2) is 0 Å². The number of benzene rings is 1. The Labute approximate surface area is 106 Å². The molecule has 0 saturated heterocycles. The predicted octanol–water partition coefficient (Wildman–Crippen LogP) is 4.02. The zero-order valence-electron chi connectivity index (χ0n) is 8.42. The van der Waals surface area contributed by atoms with Crippen molar-refractivity contribution in [2.45, 2.75) is 6.92 Å². The van der Waals surface area contributed by atoms with Gasteiger partial charge in [0.1, 0.15) is 16.3 Å². The van der Waals surface area contributed by atoms with Gasteiger partial charge >= 0.3 is 0 Å². The number of hydrogen-bond donors (Lipinski definition) is 1.